The SMILES string of the molecule is NCCc1ccc2c(c1)COC2=O. The first-order chi connectivity index (χ1) is 6.31. The molecule has 0 aliphatic carbocycles. The van der Waals surface area contributed by atoms with E-state index in [1.807, 2.05) is 18.2 Å². The summed E-state index contributed by atoms with van der Waals surface area (Å²) in [5.74, 6) is -0.214. The maximum Gasteiger partial charge on any atom is 0.338 e. The fourth-order valence-corrected chi connectivity index (χ4v) is 1.51. The molecular weight excluding hydrogens is 166 g/mol. The van der Waals surface area contributed by atoms with Crippen molar-refractivity contribution in [1.82, 2.24) is 0 Å². The number of fused-ring (bicyclic) bond motifs is 1. The molecule has 0 atom stereocenters. The third-order valence-electron chi connectivity index (χ3n) is 2.18. The van der Waals surface area contributed by atoms with Crippen molar-refractivity contribution in [2.75, 3.05) is 6.54 Å². The van der Waals surface area contributed by atoms with Gasteiger partial charge in [0.2, 0.25) is 0 Å². The highest BCUT2D eigenvalue weighted by Crippen LogP contribution is 2.20. The molecule has 1 aromatic rings. The molecule has 0 spiro atoms. The van der Waals surface area contributed by atoms with Gasteiger partial charge >= 0.3 is 5.97 Å². The summed E-state index contributed by atoms with van der Waals surface area (Å²) in [4.78, 5) is 11.1. The highest BCUT2D eigenvalue weighted by Gasteiger charge is 2.20. The Morgan fingerprint density at radius 1 is 1.46 bits per heavy atom. The number of carbonyl (C=O) groups is 1. The zero-order valence-corrected chi connectivity index (χ0v) is 7.25. The lowest BCUT2D eigenvalue weighted by Crippen LogP contribution is -2.03. The van der Waals surface area contributed by atoms with E-state index in [4.69, 9.17) is 10.5 Å². The van der Waals surface area contributed by atoms with Crippen LogP contribution in [0.3, 0.4) is 0 Å². The van der Waals surface area contributed by atoms with Gasteiger partial charge in [-0.05, 0) is 24.6 Å². The van der Waals surface area contributed by atoms with E-state index in [2.05, 4.69) is 0 Å². The van der Waals surface area contributed by atoms with E-state index in [9.17, 15) is 4.79 Å². The number of benzene rings is 1. The number of hydrogen-bond acceptors (Lipinski definition) is 3. The van der Waals surface area contributed by atoms with Crippen LogP contribution in [0.2, 0.25) is 0 Å². The third kappa shape index (κ3) is 1.42. The number of cyclic esters (lactones) is 1. The summed E-state index contributed by atoms with van der Waals surface area (Å²) >= 11 is 0. The molecule has 0 saturated carbocycles. The molecule has 3 nitrogen and oxygen atoms in total. The molecule has 0 saturated heterocycles. The summed E-state index contributed by atoms with van der Waals surface area (Å²) in [6.45, 7) is 1.04. The normalized spacial score (nSPS) is 14.1. The van der Waals surface area contributed by atoms with Crippen LogP contribution in [0.4, 0.5) is 0 Å². The monoisotopic (exact) mass is 177 g/mol. The quantitative estimate of drug-likeness (QED) is 0.681. The van der Waals surface area contributed by atoms with Gasteiger partial charge in [-0.15, -0.1) is 0 Å². The van der Waals surface area contributed by atoms with Crippen LogP contribution in [-0.2, 0) is 17.8 Å². The lowest BCUT2D eigenvalue weighted by molar-refractivity contribution is 0.0535. The van der Waals surface area contributed by atoms with Crippen molar-refractivity contribution in [2.24, 2.45) is 5.73 Å². The standard InChI is InChI=1S/C10H11NO2/c11-4-3-7-1-2-9-8(5-7)6-13-10(9)12/h1-2,5H,3-4,6,11H2. The van der Waals surface area contributed by atoms with Crippen LogP contribution in [0.15, 0.2) is 18.2 Å². The summed E-state index contributed by atoms with van der Waals surface area (Å²) in [7, 11) is 0. The summed E-state index contributed by atoms with van der Waals surface area (Å²) in [5, 5.41) is 0. The van der Waals surface area contributed by atoms with E-state index >= 15 is 0 Å². The molecule has 0 radical (unpaired) electrons. The predicted octanol–water partition coefficient (Wildman–Crippen LogP) is 0.858. The van der Waals surface area contributed by atoms with E-state index in [0.29, 0.717) is 18.7 Å². The van der Waals surface area contributed by atoms with Crippen LogP contribution in [0.1, 0.15) is 21.5 Å². The zero-order valence-electron chi connectivity index (χ0n) is 7.25. The van der Waals surface area contributed by atoms with Gasteiger partial charge in [-0.3, -0.25) is 0 Å². The summed E-state index contributed by atoms with van der Waals surface area (Å²) in [5.41, 5.74) is 8.28. The summed E-state index contributed by atoms with van der Waals surface area (Å²) < 4.78 is 4.89. The Bertz CT molecular complexity index is 347. The molecule has 1 aliphatic heterocycles. The molecule has 1 aromatic carbocycles. The highest BCUT2D eigenvalue weighted by atomic mass is 16.5. The first-order valence-electron chi connectivity index (χ1n) is 4.30. The van der Waals surface area contributed by atoms with Crippen molar-refractivity contribution < 1.29 is 9.53 Å². The Morgan fingerprint density at radius 2 is 2.31 bits per heavy atom. The molecule has 0 unspecified atom stereocenters. The van der Waals surface area contributed by atoms with Crippen LogP contribution in [0, 0.1) is 0 Å². The average Bonchev–Trinajstić information content (AvgIpc) is 2.48. The number of carbonyl (C=O) groups excluding carboxylic acids is 1. The molecule has 0 aromatic heterocycles. The predicted molar refractivity (Wildman–Crippen MR) is 48.3 cm³/mol. The maximum absolute atomic E-state index is 11.1. The van der Waals surface area contributed by atoms with Crippen LogP contribution >= 0.6 is 0 Å². The average molecular weight is 177 g/mol. The molecule has 3 heteroatoms. The van der Waals surface area contributed by atoms with Crippen molar-refractivity contribution in [3.63, 3.8) is 0 Å². The highest BCUT2D eigenvalue weighted by molar-refractivity contribution is 5.93. The van der Waals surface area contributed by atoms with E-state index in [0.717, 1.165) is 12.0 Å². The zero-order chi connectivity index (χ0) is 9.26. The fourth-order valence-electron chi connectivity index (χ4n) is 1.51. The van der Waals surface area contributed by atoms with Gasteiger partial charge in [0.05, 0.1) is 5.56 Å². The Labute approximate surface area is 76.5 Å². The molecule has 1 heterocycles. The van der Waals surface area contributed by atoms with Crippen molar-refractivity contribution in [1.29, 1.82) is 0 Å². The molecule has 0 amide bonds. The Hall–Kier alpha value is -1.35. The van der Waals surface area contributed by atoms with Crippen LogP contribution in [0.5, 0.6) is 0 Å². The number of nitrogens with two attached hydrogens (primary N) is 1. The number of rotatable bonds is 2. The third-order valence-corrected chi connectivity index (χ3v) is 2.18. The van der Waals surface area contributed by atoms with Crippen molar-refractivity contribution in [3.05, 3.63) is 34.9 Å². The first kappa shape index (κ1) is 8.26. The fraction of sp³-hybridized carbons (Fsp3) is 0.300. The van der Waals surface area contributed by atoms with Gasteiger partial charge in [0.15, 0.2) is 0 Å². The largest absolute Gasteiger partial charge is 0.457 e. The van der Waals surface area contributed by atoms with E-state index in [1.165, 1.54) is 5.56 Å². The summed E-state index contributed by atoms with van der Waals surface area (Å²) in [6, 6.07) is 5.74. The van der Waals surface area contributed by atoms with Gasteiger partial charge in [0, 0.05) is 5.56 Å². The summed E-state index contributed by atoms with van der Waals surface area (Å²) in [6.07, 6.45) is 0.849. The Balaban J connectivity index is 2.34. The van der Waals surface area contributed by atoms with Crippen LogP contribution in [0.25, 0.3) is 0 Å². The molecule has 13 heavy (non-hydrogen) atoms. The van der Waals surface area contributed by atoms with E-state index in [-0.39, 0.29) is 5.97 Å². The minimum Gasteiger partial charge on any atom is -0.457 e. The topological polar surface area (TPSA) is 52.3 Å². The Morgan fingerprint density at radius 3 is 3.08 bits per heavy atom. The minimum absolute atomic E-state index is 0.214. The minimum atomic E-state index is -0.214. The Kier molecular flexibility index (Phi) is 2.02. The molecule has 2 rings (SSSR count). The molecule has 2 N–H and O–H groups in total. The molecular formula is C10H11NO2. The second-order valence-corrected chi connectivity index (χ2v) is 3.11. The van der Waals surface area contributed by atoms with Gasteiger partial charge in [-0.25, -0.2) is 4.79 Å². The van der Waals surface area contributed by atoms with Gasteiger partial charge in [-0.1, -0.05) is 12.1 Å². The molecule has 0 bridgehead atoms. The maximum atomic E-state index is 11.1. The van der Waals surface area contributed by atoms with E-state index in [1.54, 1.807) is 0 Å². The smallest absolute Gasteiger partial charge is 0.338 e. The lowest BCUT2D eigenvalue weighted by Gasteiger charge is -1.99. The van der Waals surface area contributed by atoms with Crippen LogP contribution < -0.4 is 5.73 Å². The number of esters is 1. The molecule has 0 fully saturated rings. The first-order valence-corrected chi connectivity index (χ1v) is 4.30. The van der Waals surface area contributed by atoms with Gasteiger partial charge < -0.3 is 10.5 Å². The van der Waals surface area contributed by atoms with Gasteiger partial charge in [0.25, 0.3) is 0 Å². The second-order valence-electron chi connectivity index (χ2n) is 3.11. The van der Waals surface area contributed by atoms with Crippen LogP contribution in [-0.4, -0.2) is 12.5 Å². The van der Waals surface area contributed by atoms with Crippen molar-refractivity contribution in [3.8, 4) is 0 Å². The van der Waals surface area contributed by atoms with Crippen molar-refractivity contribution in [2.45, 2.75) is 13.0 Å². The number of hydrogen-bond donors (Lipinski definition) is 1. The lowest BCUT2D eigenvalue weighted by atomic mass is 10.0. The second kappa shape index (κ2) is 3.18. The van der Waals surface area contributed by atoms with Gasteiger partial charge in [0.1, 0.15) is 6.61 Å². The molecule has 68 valence electrons. The number of ether oxygens (including phenoxy) is 1. The van der Waals surface area contributed by atoms with Gasteiger partial charge in [-0.2, -0.15) is 0 Å². The molecule has 1 aliphatic rings. The van der Waals surface area contributed by atoms with Crippen molar-refractivity contribution >= 4 is 5.97 Å². The van der Waals surface area contributed by atoms with E-state index < -0.39 is 0 Å².